The van der Waals surface area contributed by atoms with Crippen LogP contribution in [0.4, 0.5) is 10.2 Å². The molecule has 2 heterocycles. The summed E-state index contributed by atoms with van der Waals surface area (Å²) in [7, 11) is 0. The molecule has 0 amide bonds. The molecular formula is C9H10FN3OS. The highest BCUT2D eigenvalue weighted by Gasteiger charge is 2.12. The van der Waals surface area contributed by atoms with Crippen molar-refractivity contribution in [2.75, 3.05) is 12.3 Å². The lowest BCUT2D eigenvalue weighted by atomic mass is 10.3. The molecule has 4 nitrogen and oxygen atoms in total. The molecule has 3 N–H and O–H groups in total. The third-order valence-electron chi connectivity index (χ3n) is 1.97. The number of nitrogen functional groups attached to an aromatic ring is 1. The summed E-state index contributed by atoms with van der Waals surface area (Å²) in [6.45, 7) is 0.275. The van der Waals surface area contributed by atoms with E-state index in [4.69, 9.17) is 10.8 Å². The smallest absolute Gasteiger partial charge is 0.143 e. The first kappa shape index (κ1) is 10.1. The molecule has 80 valence electrons. The highest BCUT2D eigenvalue weighted by molar-refractivity contribution is 7.13. The Bertz CT molecular complexity index is 466. The van der Waals surface area contributed by atoms with Crippen LogP contribution in [0.15, 0.2) is 17.5 Å². The molecule has 2 aromatic rings. The van der Waals surface area contributed by atoms with Crippen molar-refractivity contribution in [1.82, 2.24) is 9.78 Å². The molecule has 0 saturated carbocycles. The minimum absolute atomic E-state index is 0.0434. The molecule has 0 aliphatic rings. The molecule has 0 aliphatic heterocycles. The molecule has 0 bridgehead atoms. The summed E-state index contributed by atoms with van der Waals surface area (Å²) < 4.78 is 14.7. The lowest BCUT2D eigenvalue weighted by molar-refractivity contribution is 0.270. The first-order chi connectivity index (χ1) is 7.22. The van der Waals surface area contributed by atoms with Crippen LogP contribution in [0.1, 0.15) is 0 Å². The van der Waals surface area contributed by atoms with Gasteiger partial charge in [-0.25, -0.2) is 9.07 Å². The van der Waals surface area contributed by atoms with Crippen molar-refractivity contribution in [1.29, 1.82) is 0 Å². The maximum absolute atomic E-state index is 13.2. The van der Waals surface area contributed by atoms with E-state index in [9.17, 15) is 4.39 Å². The number of hydrogen-bond donors (Lipinski definition) is 2. The van der Waals surface area contributed by atoms with Crippen LogP contribution in [-0.4, -0.2) is 21.5 Å². The van der Waals surface area contributed by atoms with Crippen LogP contribution in [0, 0.1) is 5.82 Å². The van der Waals surface area contributed by atoms with E-state index < -0.39 is 0 Å². The molecule has 0 radical (unpaired) electrons. The topological polar surface area (TPSA) is 64.1 Å². The molecule has 2 rings (SSSR count). The van der Waals surface area contributed by atoms with Crippen LogP contribution in [0.2, 0.25) is 0 Å². The van der Waals surface area contributed by atoms with Gasteiger partial charge in [0.2, 0.25) is 0 Å². The van der Waals surface area contributed by atoms with Crippen molar-refractivity contribution < 1.29 is 9.50 Å². The zero-order chi connectivity index (χ0) is 10.8. The third-order valence-corrected chi connectivity index (χ3v) is 2.88. The van der Waals surface area contributed by atoms with Gasteiger partial charge in [-0.2, -0.15) is 5.10 Å². The van der Waals surface area contributed by atoms with Crippen molar-refractivity contribution >= 4 is 17.2 Å². The molecule has 15 heavy (non-hydrogen) atoms. The zero-order valence-electron chi connectivity index (χ0n) is 7.85. The molecule has 0 spiro atoms. The van der Waals surface area contributed by atoms with Crippen LogP contribution < -0.4 is 5.73 Å². The second-order valence-electron chi connectivity index (χ2n) is 3.00. The van der Waals surface area contributed by atoms with Crippen molar-refractivity contribution in [2.45, 2.75) is 6.54 Å². The fourth-order valence-electron chi connectivity index (χ4n) is 1.29. The largest absolute Gasteiger partial charge is 0.394 e. The standard InChI is InChI=1S/C9H10FN3OS/c10-6-1-4-15-9(6)7-5-8(11)13(12-7)2-3-14/h1,4-5,14H,2-3,11H2. The molecular weight excluding hydrogens is 217 g/mol. The third kappa shape index (κ3) is 1.86. The van der Waals surface area contributed by atoms with Gasteiger partial charge in [0.05, 0.1) is 18.0 Å². The molecule has 6 heteroatoms. The molecule has 0 saturated heterocycles. The van der Waals surface area contributed by atoms with E-state index >= 15 is 0 Å². The Balaban J connectivity index is 2.38. The molecule has 2 aromatic heterocycles. The van der Waals surface area contributed by atoms with E-state index in [2.05, 4.69) is 5.10 Å². The van der Waals surface area contributed by atoms with Crippen molar-refractivity contribution in [2.24, 2.45) is 0 Å². The van der Waals surface area contributed by atoms with Gasteiger partial charge in [-0.05, 0) is 11.4 Å². The summed E-state index contributed by atoms with van der Waals surface area (Å²) in [5.41, 5.74) is 6.16. The Labute approximate surface area is 89.8 Å². The summed E-state index contributed by atoms with van der Waals surface area (Å²) in [6, 6.07) is 2.99. The summed E-state index contributed by atoms with van der Waals surface area (Å²) in [6.07, 6.45) is 0. The van der Waals surface area contributed by atoms with Crippen molar-refractivity contribution in [3.8, 4) is 10.6 Å². The maximum atomic E-state index is 13.2. The SMILES string of the molecule is Nc1cc(-c2sccc2F)nn1CCO. The predicted octanol–water partition coefficient (Wildman–Crippen LogP) is 1.33. The Morgan fingerprint density at radius 3 is 3.00 bits per heavy atom. The number of halogens is 1. The minimum atomic E-state index is -0.298. The summed E-state index contributed by atoms with van der Waals surface area (Å²) in [5.74, 6) is 0.125. The number of anilines is 1. The highest BCUT2D eigenvalue weighted by Crippen LogP contribution is 2.28. The van der Waals surface area contributed by atoms with Gasteiger partial charge in [0.1, 0.15) is 17.3 Å². The Morgan fingerprint density at radius 1 is 1.60 bits per heavy atom. The number of aliphatic hydroxyl groups is 1. The van der Waals surface area contributed by atoms with Gasteiger partial charge in [-0.1, -0.05) is 0 Å². The highest BCUT2D eigenvalue weighted by atomic mass is 32.1. The second-order valence-corrected chi connectivity index (χ2v) is 3.91. The number of aromatic nitrogens is 2. The summed E-state index contributed by atoms with van der Waals surface area (Å²) in [5, 5.41) is 14.5. The fraction of sp³-hybridized carbons (Fsp3) is 0.222. The van der Waals surface area contributed by atoms with E-state index in [0.717, 1.165) is 0 Å². The quantitative estimate of drug-likeness (QED) is 0.831. The molecule has 0 fully saturated rings. The Kier molecular flexibility index (Phi) is 2.70. The van der Waals surface area contributed by atoms with E-state index in [1.165, 1.54) is 22.1 Å². The number of hydrogen-bond acceptors (Lipinski definition) is 4. The maximum Gasteiger partial charge on any atom is 0.143 e. The van der Waals surface area contributed by atoms with Crippen LogP contribution in [0.3, 0.4) is 0 Å². The molecule has 0 aliphatic carbocycles. The van der Waals surface area contributed by atoms with Gasteiger partial charge in [0, 0.05) is 6.07 Å². The Hall–Kier alpha value is -1.40. The number of nitrogens with two attached hydrogens (primary N) is 1. The van der Waals surface area contributed by atoms with Crippen LogP contribution in [-0.2, 0) is 6.54 Å². The molecule has 0 aromatic carbocycles. The van der Waals surface area contributed by atoms with Gasteiger partial charge >= 0.3 is 0 Å². The van der Waals surface area contributed by atoms with Crippen LogP contribution in [0.25, 0.3) is 10.6 Å². The monoisotopic (exact) mass is 227 g/mol. The molecule has 0 atom stereocenters. The van der Waals surface area contributed by atoms with E-state index in [1.807, 2.05) is 0 Å². The van der Waals surface area contributed by atoms with Crippen LogP contribution >= 0.6 is 11.3 Å². The number of aliphatic hydroxyl groups excluding tert-OH is 1. The van der Waals surface area contributed by atoms with Crippen molar-refractivity contribution in [3.05, 3.63) is 23.3 Å². The summed E-state index contributed by atoms with van der Waals surface area (Å²) >= 11 is 1.27. The van der Waals surface area contributed by atoms with Crippen LogP contribution in [0.5, 0.6) is 0 Å². The van der Waals surface area contributed by atoms with Gasteiger partial charge in [0.15, 0.2) is 0 Å². The van der Waals surface area contributed by atoms with Gasteiger partial charge in [-0.15, -0.1) is 11.3 Å². The summed E-state index contributed by atoms with van der Waals surface area (Å²) in [4.78, 5) is 0.471. The van der Waals surface area contributed by atoms with Gasteiger partial charge < -0.3 is 10.8 Å². The van der Waals surface area contributed by atoms with E-state index in [-0.39, 0.29) is 12.4 Å². The van der Waals surface area contributed by atoms with E-state index in [0.29, 0.717) is 22.9 Å². The van der Waals surface area contributed by atoms with Crippen molar-refractivity contribution in [3.63, 3.8) is 0 Å². The lowest BCUT2D eigenvalue weighted by Gasteiger charge is -1.98. The number of rotatable bonds is 3. The average molecular weight is 227 g/mol. The fourth-order valence-corrected chi connectivity index (χ4v) is 2.02. The number of thiophene rings is 1. The average Bonchev–Trinajstić information content (AvgIpc) is 2.75. The Morgan fingerprint density at radius 2 is 2.40 bits per heavy atom. The normalized spacial score (nSPS) is 10.8. The first-order valence-electron chi connectivity index (χ1n) is 4.40. The predicted molar refractivity (Wildman–Crippen MR) is 57.0 cm³/mol. The lowest BCUT2D eigenvalue weighted by Crippen LogP contribution is -2.07. The minimum Gasteiger partial charge on any atom is -0.394 e. The number of nitrogens with zero attached hydrogens (tertiary/aromatic N) is 2. The first-order valence-corrected chi connectivity index (χ1v) is 5.28. The zero-order valence-corrected chi connectivity index (χ0v) is 8.67. The van der Waals surface area contributed by atoms with E-state index in [1.54, 1.807) is 11.4 Å². The van der Waals surface area contributed by atoms with Gasteiger partial charge in [-0.3, -0.25) is 0 Å². The second kappa shape index (κ2) is 4.00. The molecule has 0 unspecified atom stereocenters. The van der Waals surface area contributed by atoms with Gasteiger partial charge in [0.25, 0.3) is 0 Å².